The van der Waals surface area contributed by atoms with Crippen molar-refractivity contribution in [2.24, 2.45) is 17.8 Å². The van der Waals surface area contributed by atoms with Crippen LogP contribution in [0.15, 0.2) is 35.2 Å². The molecule has 5 rings (SSSR count). The fourth-order valence-electron chi connectivity index (χ4n) is 4.65. The third-order valence-corrected chi connectivity index (χ3v) is 8.99. The van der Waals surface area contributed by atoms with Gasteiger partial charge in [0.1, 0.15) is 0 Å². The van der Waals surface area contributed by atoms with Crippen LogP contribution in [0.2, 0.25) is 0 Å². The SMILES string of the molecule is O=C(Nc1nc2ccc(S(=O)(=O)N3CCCCC3)cc2s1)[C@H]1C[C@@H]2C=C[C@H]1C2. The molecule has 0 radical (unpaired) electrons. The molecule has 1 aromatic carbocycles. The molecule has 148 valence electrons. The Bertz CT molecular complexity index is 1050. The van der Waals surface area contributed by atoms with Crippen molar-refractivity contribution >= 4 is 42.6 Å². The molecule has 1 aliphatic heterocycles. The lowest BCUT2D eigenvalue weighted by Crippen LogP contribution is -2.35. The van der Waals surface area contributed by atoms with Gasteiger partial charge >= 0.3 is 0 Å². The first kappa shape index (κ1) is 18.3. The van der Waals surface area contributed by atoms with Crippen molar-refractivity contribution in [3.05, 3.63) is 30.4 Å². The molecule has 1 amide bonds. The van der Waals surface area contributed by atoms with Gasteiger partial charge in [0.25, 0.3) is 0 Å². The molecule has 0 spiro atoms. The molecule has 1 saturated heterocycles. The van der Waals surface area contributed by atoms with Gasteiger partial charge in [0.05, 0.1) is 15.1 Å². The summed E-state index contributed by atoms with van der Waals surface area (Å²) in [6.07, 6.45) is 9.28. The topological polar surface area (TPSA) is 79.4 Å². The average molecular weight is 418 g/mol. The molecular formula is C20H23N3O3S2. The Labute approximate surface area is 168 Å². The first-order valence-corrected chi connectivity index (χ1v) is 12.2. The highest BCUT2D eigenvalue weighted by molar-refractivity contribution is 7.89. The van der Waals surface area contributed by atoms with E-state index in [9.17, 15) is 13.2 Å². The number of anilines is 1. The highest BCUT2D eigenvalue weighted by Gasteiger charge is 2.40. The minimum absolute atomic E-state index is 0.0250. The maximum atomic E-state index is 12.9. The average Bonchev–Trinajstić information content (AvgIpc) is 3.43. The summed E-state index contributed by atoms with van der Waals surface area (Å²) in [5.41, 5.74) is 0.714. The molecular weight excluding hydrogens is 394 g/mol. The number of hydrogen-bond acceptors (Lipinski definition) is 5. The summed E-state index contributed by atoms with van der Waals surface area (Å²) >= 11 is 1.34. The number of thiazole rings is 1. The Morgan fingerprint density at radius 1 is 1.14 bits per heavy atom. The van der Waals surface area contributed by atoms with Gasteiger partial charge in [0.15, 0.2) is 5.13 Å². The van der Waals surface area contributed by atoms with Gasteiger partial charge in [-0.1, -0.05) is 29.9 Å². The number of piperidine rings is 1. The molecule has 1 saturated carbocycles. The minimum atomic E-state index is -3.47. The molecule has 2 fully saturated rings. The number of sulfonamides is 1. The molecule has 3 atom stereocenters. The zero-order chi connectivity index (χ0) is 19.3. The van der Waals surface area contributed by atoms with Gasteiger partial charge in [0.2, 0.25) is 15.9 Å². The van der Waals surface area contributed by atoms with Gasteiger partial charge < -0.3 is 5.32 Å². The van der Waals surface area contributed by atoms with Gasteiger partial charge in [-0.3, -0.25) is 4.79 Å². The fourth-order valence-corrected chi connectivity index (χ4v) is 7.18. The van der Waals surface area contributed by atoms with Gasteiger partial charge in [-0.15, -0.1) is 0 Å². The number of benzene rings is 1. The zero-order valence-corrected chi connectivity index (χ0v) is 17.1. The van der Waals surface area contributed by atoms with Crippen molar-refractivity contribution < 1.29 is 13.2 Å². The first-order valence-electron chi connectivity index (χ1n) is 9.91. The van der Waals surface area contributed by atoms with E-state index in [0.29, 0.717) is 40.5 Å². The smallest absolute Gasteiger partial charge is 0.243 e. The number of hydrogen-bond donors (Lipinski definition) is 1. The van der Waals surface area contributed by atoms with Gasteiger partial charge in [0, 0.05) is 19.0 Å². The highest BCUT2D eigenvalue weighted by atomic mass is 32.2. The monoisotopic (exact) mass is 417 g/mol. The third-order valence-electron chi connectivity index (χ3n) is 6.16. The molecule has 2 heterocycles. The van der Waals surface area contributed by atoms with Crippen LogP contribution in [-0.4, -0.2) is 36.7 Å². The molecule has 2 bridgehead atoms. The summed E-state index contributed by atoms with van der Waals surface area (Å²) in [6, 6.07) is 5.05. The van der Waals surface area contributed by atoms with Gasteiger partial charge in [-0.05, 0) is 55.7 Å². The number of nitrogens with zero attached hydrogens (tertiary/aromatic N) is 2. The minimum Gasteiger partial charge on any atom is -0.302 e. The number of aromatic nitrogens is 1. The van der Waals surface area contributed by atoms with Crippen LogP contribution in [0.3, 0.4) is 0 Å². The number of fused-ring (bicyclic) bond motifs is 3. The fraction of sp³-hybridized carbons (Fsp3) is 0.500. The molecule has 2 aromatic rings. The van der Waals surface area contributed by atoms with Crippen LogP contribution in [0.5, 0.6) is 0 Å². The maximum absolute atomic E-state index is 12.9. The quantitative estimate of drug-likeness (QED) is 0.771. The van der Waals surface area contributed by atoms with E-state index in [-0.39, 0.29) is 11.8 Å². The van der Waals surface area contributed by atoms with Crippen molar-refractivity contribution in [1.29, 1.82) is 0 Å². The summed E-state index contributed by atoms with van der Waals surface area (Å²) in [4.78, 5) is 17.4. The molecule has 28 heavy (non-hydrogen) atoms. The molecule has 6 nitrogen and oxygen atoms in total. The summed E-state index contributed by atoms with van der Waals surface area (Å²) in [7, 11) is -3.47. The predicted molar refractivity (Wildman–Crippen MR) is 110 cm³/mol. The maximum Gasteiger partial charge on any atom is 0.243 e. The molecule has 3 aliphatic rings. The van der Waals surface area contributed by atoms with Crippen LogP contribution >= 0.6 is 11.3 Å². The number of nitrogens with one attached hydrogen (secondary N) is 1. The van der Waals surface area contributed by atoms with Gasteiger partial charge in [-0.25, -0.2) is 13.4 Å². The lowest BCUT2D eigenvalue weighted by atomic mass is 9.93. The van der Waals surface area contributed by atoms with E-state index in [1.165, 1.54) is 11.3 Å². The van der Waals surface area contributed by atoms with E-state index in [1.54, 1.807) is 22.5 Å². The number of carbonyl (C=O) groups excluding carboxylic acids is 1. The largest absolute Gasteiger partial charge is 0.302 e. The molecule has 0 unspecified atom stereocenters. The predicted octanol–water partition coefficient (Wildman–Crippen LogP) is 3.62. The number of rotatable bonds is 4. The Morgan fingerprint density at radius 3 is 2.68 bits per heavy atom. The summed E-state index contributed by atoms with van der Waals surface area (Å²) in [6.45, 7) is 1.17. The van der Waals surface area contributed by atoms with Crippen molar-refractivity contribution in [2.45, 2.75) is 37.0 Å². The van der Waals surface area contributed by atoms with Crippen LogP contribution < -0.4 is 5.32 Å². The van der Waals surface area contributed by atoms with Crippen LogP contribution in [0.4, 0.5) is 5.13 Å². The second-order valence-corrected chi connectivity index (χ2v) is 11.0. The normalized spacial score (nSPS) is 27.5. The second kappa shape index (κ2) is 6.93. The molecule has 1 N–H and O–H groups in total. The van der Waals surface area contributed by atoms with Crippen molar-refractivity contribution in [1.82, 2.24) is 9.29 Å². The second-order valence-electron chi connectivity index (χ2n) is 7.99. The van der Waals surface area contributed by atoms with Crippen molar-refractivity contribution in [3.8, 4) is 0 Å². The zero-order valence-electron chi connectivity index (χ0n) is 15.5. The molecule has 2 aliphatic carbocycles. The lowest BCUT2D eigenvalue weighted by molar-refractivity contribution is -0.120. The molecule has 1 aromatic heterocycles. The van der Waals surface area contributed by atoms with E-state index in [0.717, 1.165) is 36.8 Å². The van der Waals surface area contributed by atoms with E-state index in [1.807, 2.05) is 0 Å². The van der Waals surface area contributed by atoms with Gasteiger partial charge in [-0.2, -0.15) is 4.31 Å². The van der Waals surface area contributed by atoms with Crippen molar-refractivity contribution in [2.75, 3.05) is 18.4 Å². The van der Waals surface area contributed by atoms with Crippen LogP contribution in [-0.2, 0) is 14.8 Å². The lowest BCUT2D eigenvalue weighted by Gasteiger charge is -2.25. The standard InChI is InChI=1S/C20H23N3O3S2/c24-19(16-11-13-4-5-14(16)10-13)22-20-21-17-7-6-15(12-18(17)27-20)28(25,26)23-8-2-1-3-9-23/h4-7,12-14,16H,1-3,8-11H2,(H,21,22,24)/t13-,14+,16+/m1/s1. The summed E-state index contributed by atoms with van der Waals surface area (Å²) in [5.74, 6) is 0.938. The van der Waals surface area contributed by atoms with Crippen LogP contribution in [0.1, 0.15) is 32.1 Å². The van der Waals surface area contributed by atoms with Crippen LogP contribution in [0, 0.1) is 17.8 Å². The third kappa shape index (κ3) is 3.17. The Balaban J connectivity index is 1.36. The highest BCUT2D eigenvalue weighted by Crippen LogP contribution is 2.44. The number of amides is 1. The summed E-state index contributed by atoms with van der Waals surface area (Å²) < 4.78 is 28.1. The molecule has 8 heteroatoms. The first-order chi connectivity index (χ1) is 13.5. The number of carbonyl (C=O) groups is 1. The number of allylic oxidation sites excluding steroid dienone is 2. The Hall–Kier alpha value is -1.77. The Kier molecular flexibility index (Phi) is 4.52. The van der Waals surface area contributed by atoms with Crippen LogP contribution in [0.25, 0.3) is 10.2 Å². The van der Waals surface area contributed by atoms with E-state index in [4.69, 9.17) is 0 Å². The summed E-state index contributed by atoms with van der Waals surface area (Å²) in [5, 5.41) is 3.50. The van der Waals surface area contributed by atoms with E-state index in [2.05, 4.69) is 22.5 Å². The van der Waals surface area contributed by atoms with E-state index < -0.39 is 10.0 Å². The van der Waals surface area contributed by atoms with Crippen molar-refractivity contribution in [3.63, 3.8) is 0 Å². The van der Waals surface area contributed by atoms with E-state index >= 15 is 0 Å². The Morgan fingerprint density at radius 2 is 1.96 bits per heavy atom.